The molecule has 1 fully saturated rings. The zero-order chi connectivity index (χ0) is 22.3. The van der Waals surface area contributed by atoms with Gasteiger partial charge in [0.25, 0.3) is 0 Å². The number of carbonyl (C=O) groups is 1. The van der Waals surface area contributed by atoms with E-state index in [1.165, 1.54) is 21.6 Å². The number of primary amides is 1. The summed E-state index contributed by atoms with van der Waals surface area (Å²) in [5, 5.41) is 12.9. The van der Waals surface area contributed by atoms with Gasteiger partial charge in [-0.15, -0.1) is 10.2 Å². The number of benzene rings is 2. The highest BCUT2D eigenvalue weighted by atomic mass is 32.1. The van der Waals surface area contributed by atoms with Crippen molar-refractivity contribution in [3.8, 4) is 0 Å². The molecule has 1 saturated heterocycles. The smallest absolute Gasteiger partial charge is 0.335 e. The van der Waals surface area contributed by atoms with E-state index in [1.807, 2.05) is 18.2 Å². The van der Waals surface area contributed by atoms with Gasteiger partial charge in [0.05, 0.1) is 5.41 Å². The lowest BCUT2D eigenvalue weighted by Crippen LogP contribution is -2.44. The number of hydrogen-bond acceptors (Lipinski definition) is 7. The van der Waals surface area contributed by atoms with Crippen LogP contribution in [0.3, 0.4) is 0 Å². The fourth-order valence-corrected chi connectivity index (χ4v) is 3.94. The first kappa shape index (κ1) is 22.3. The van der Waals surface area contributed by atoms with Crippen LogP contribution in [0.15, 0.2) is 54.6 Å². The first-order valence-electron chi connectivity index (χ1n) is 9.84. The van der Waals surface area contributed by atoms with Crippen LogP contribution in [0, 0.1) is 6.92 Å². The summed E-state index contributed by atoms with van der Waals surface area (Å²) in [5.41, 5.74) is 8.62. The molecule has 162 valence electrons. The Morgan fingerprint density at radius 2 is 1.68 bits per heavy atom. The first-order valence-corrected chi connectivity index (χ1v) is 10.5. The van der Waals surface area contributed by atoms with E-state index >= 15 is 0 Å². The molecule has 4 rings (SSSR count). The summed E-state index contributed by atoms with van der Waals surface area (Å²) >= 11 is -0.750. The molecule has 1 aliphatic rings. The van der Waals surface area contributed by atoms with Crippen molar-refractivity contribution in [1.82, 2.24) is 20.2 Å². The number of aryl methyl sites for hydroxylation is 1. The first-order chi connectivity index (χ1) is 15.0. The van der Waals surface area contributed by atoms with Crippen LogP contribution in [0.2, 0.25) is 0 Å². The fraction of sp³-hybridized carbons (Fsp3) is 0.333. The van der Waals surface area contributed by atoms with Gasteiger partial charge < -0.3 is 10.6 Å². The summed E-state index contributed by atoms with van der Waals surface area (Å²) in [4.78, 5) is 14.9. The third kappa shape index (κ3) is 5.21. The molecule has 9 nitrogen and oxygen atoms in total. The Hall–Kier alpha value is -3.40. The lowest BCUT2D eigenvalue weighted by Gasteiger charge is -2.41. The Bertz CT molecular complexity index is 1040. The number of anilines is 1. The van der Waals surface area contributed by atoms with E-state index in [-0.39, 0.29) is 12.0 Å². The molecule has 10 heteroatoms. The van der Waals surface area contributed by atoms with Gasteiger partial charge >= 0.3 is 11.6 Å². The molecule has 31 heavy (non-hydrogen) atoms. The van der Waals surface area contributed by atoms with Gasteiger partial charge in [0.15, 0.2) is 5.82 Å². The van der Waals surface area contributed by atoms with Crippen LogP contribution in [0.5, 0.6) is 0 Å². The summed E-state index contributed by atoms with van der Waals surface area (Å²) in [6.07, 6.45) is 1.74. The van der Waals surface area contributed by atoms with Crippen LogP contribution < -0.4 is 10.6 Å². The van der Waals surface area contributed by atoms with E-state index in [9.17, 15) is 4.79 Å². The minimum absolute atomic E-state index is 0.0621. The van der Waals surface area contributed by atoms with Gasteiger partial charge in [-0.05, 0) is 42.7 Å². The molecule has 1 amide bonds. The van der Waals surface area contributed by atoms with Crippen molar-refractivity contribution >= 4 is 23.2 Å². The predicted molar refractivity (Wildman–Crippen MR) is 116 cm³/mol. The Kier molecular flexibility index (Phi) is 7.24. The topological polar surface area (TPSA) is 124 Å². The lowest BCUT2D eigenvalue weighted by molar-refractivity contribution is -0.119. The molecule has 2 N–H and O–H groups in total. The van der Waals surface area contributed by atoms with Crippen molar-refractivity contribution in [2.75, 3.05) is 18.0 Å². The highest BCUT2D eigenvalue weighted by Gasteiger charge is 2.41. The Balaban J connectivity index is 0.000000858. The van der Waals surface area contributed by atoms with Crippen molar-refractivity contribution in [2.24, 2.45) is 5.73 Å². The largest absolute Gasteiger partial charge is 0.371 e. The molecule has 2 aromatic carbocycles. The molecule has 0 bridgehead atoms. The maximum atomic E-state index is 11.2. The monoisotopic (exact) mass is 440 g/mol. The van der Waals surface area contributed by atoms with Gasteiger partial charge in [-0.3, -0.25) is 4.79 Å². The average Bonchev–Trinajstić information content (AvgIpc) is 3.24. The number of piperidine rings is 1. The second-order valence-electron chi connectivity index (χ2n) is 7.45. The van der Waals surface area contributed by atoms with Crippen LogP contribution >= 0.6 is 0 Å². The van der Waals surface area contributed by atoms with Crippen molar-refractivity contribution < 1.29 is 13.2 Å². The minimum Gasteiger partial charge on any atom is -0.371 e. The van der Waals surface area contributed by atoms with Crippen LogP contribution in [-0.4, -0.2) is 47.6 Å². The maximum Gasteiger partial charge on any atom is 0.335 e. The predicted octanol–water partition coefficient (Wildman–Crippen LogP) is 1.38. The molecule has 3 aromatic rings. The number of tetrazole rings is 1. The van der Waals surface area contributed by atoms with Crippen LogP contribution in [0.25, 0.3) is 0 Å². The number of aromatic nitrogens is 4. The molecule has 0 unspecified atom stereocenters. The molecular formula is C21H24N6O3S. The Morgan fingerprint density at radius 3 is 2.26 bits per heavy atom. The van der Waals surface area contributed by atoms with Crippen LogP contribution in [0.4, 0.5) is 5.69 Å². The Labute approximate surface area is 183 Å². The van der Waals surface area contributed by atoms with Crippen molar-refractivity contribution in [3.63, 3.8) is 0 Å². The van der Waals surface area contributed by atoms with Gasteiger partial charge in [-0.1, -0.05) is 48.0 Å². The summed E-state index contributed by atoms with van der Waals surface area (Å²) in [6.45, 7) is 3.82. The van der Waals surface area contributed by atoms with Crippen molar-refractivity contribution in [3.05, 3.63) is 71.5 Å². The van der Waals surface area contributed by atoms with Crippen LogP contribution in [-0.2, 0) is 28.3 Å². The molecular weight excluding hydrogens is 416 g/mol. The van der Waals surface area contributed by atoms with E-state index < -0.39 is 17.5 Å². The van der Waals surface area contributed by atoms with Crippen molar-refractivity contribution in [1.29, 1.82) is 0 Å². The number of amides is 1. The van der Waals surface area contributed by atoms with E-state index in [2.05, 4.69) is 63.6 Å². The van der Waals surface area contributed by atoms with Gasteiger partial charge in [-0.25, -0.2) is 0 Å². The van der Waals surface area contributed by atoms with E-state index in [0.717, 1.165) is 25.9 Å². The van der Waals surface area contributed by atoms with E-state index in [4.69, 9.17) is 14.2 Å². The second-order valence-corrected chi connectivity index (χ2v) is 7.58. The fourth-order valence-electron chi connectivity index (χ4n) is 3.94. The number of rotatable bonds is 5. The SMILES string of the molecule is Cc1ccc(N2CCC(c3ccccc3)(c3nnn(CC(N)=O)n3)CC2)cc1.O=S=O. The molecule has 1 aliphatic heterocycles. The molecule has 0 saturated carbocycles. The zero-order valence-electron chi connectivity index (χ0n) is 17.2. The second kappa shape index (κ2) is 10.1. The molecule has 0 radical (unpaired) electrons. The average molecular weight is 441 g/mol. The third-order valence-electron chi connectivity index (χ3n) is 5.52. The van der Waals surface area contributed by atoms with Gasteiger partial charge in [-0.2, -0.15) is 13.2 Å². The van der Waals surface area contributed by atoms with Crippen molar-refractivity contribution in [2.45, 2.75) is 31.7 Å². The number of nitrogens with zero attached hydrogens (tertiary/aromatic N) is 5. The van der Waals surface area contributed by atoms with Gasteiger partial charge in [0, 0.05) is 18.8 Å². The minimum atomic E-state index is -0.750. The summed E-state index contributed by atoms with van der Waals surface area (Å²) in [5.74, 6) is 0.176. The van der Waals surface area contributed by atoms with Gasteiger partial charge in [0.2, 0.25) is 5.91 Å². The Morgan fingerprint density at radius 1 is 1.06 bits per heavy atom. The number of nitrogens with two attached hydrogens (primary N) is 1. The number of hydrogen-bond donors (Lipinski definition) is 1. The normalized spacial score (nSPS) is 14.9. The van der Waals surface area contributed by atoms with Gasteiger partial charge in [0.1, 0.15) is 6.54 Å². The van der Waals surface area contributed by atoms with E-state index in [1.54, 1.807) is 0 Å². The third-order valence-corrected chi connectivity index (χ3v) is 5.52. The molecule has 0 atom stereocenters. The summed E-state index contributed by atoms with van der Waals surface area (Å²) in [6, 6.07) is 19.0. The summed E-state index contributed by atoms with van der Waals surface area (Å²) in [7, 11) is 0. The molecule has 1 aromatic heterocycles. The molecule has 0 aliphatic carbocycles. The maximum absolute atomic E-state index is 11.2. The number of carbonyl (C=O) groups excluding carboxylic acids is 1. The lowest BCUT2D eigenvalue weighted by atomic mass is 9.72. The van der Waals surface area contributed by atoms with Crippen LogP contribution in [0.1, 0.15) is 29.8 Å². The quantitative estimate of drug-likeness (QED) is 0.635. The van der Waals surface area contributed by atoms with E-state index in [0.29, 0.717) is 5.82 Å². The highest BCUT2D eigenvalue weighted by molar-refractivity contribution is 7.51. The summed E-state index contributed by atoms with van der Waals surface area (Å²) < 4.78 is 16.6. The molecule has 0 spiro atoms. The molecule has 2 heterocycles. The standard InChI is InChI=1S/C21H24N6O.O2S/c1-16-7-9-18(10-8-16)26-13-11-21(12-14-26,17-5-3-2-4-6-17)20-23-25-27(24-20)15-19(22)28;1-3-2/h2-10H,11-15H2,1H3,(H2,22,28);. The highest BCUT2D eigenvalue weighted by Crippen LogP contribution is 2.40. The zero-order valence-corrected chi connectivity index (χ0v) is 18.0.